The average Bonchev–Trinajstić information content (AvgIpc) is 2.52. The van der Waals surface area contributed by atoms with Crippen LogP contribution in [0.5, 0.6) is 5.88 Å². The first-order valence-corrected chi connectivity index (χ1v) is 7.65. The number of hydrogen-bond donors (Lipinski definition) is 0. The number of rotatable bonds is 5. The molecule has 0 N–H and O–H groups in total. The zero-order chi connectivity index (χ0) is 16.9. The number of nitrogens with zero attached hydrogens (tertiary/aromatic N) is 2. The molecule has 1 aromatic heterocycles. The number of hydrogen-bond acceptors (Lipinski definition) is 5. The van der Waals surface area contributed by atoms with Crippen molar-refractivity contribution in [2.75, 3.05) is 0 Å². The van der Waals surface area contributed by atoms with Gasteiger partial charge >= 0.3 is 5.97 Å². The number of aryl methyl sites for hydroxylation is 1. The molecule has 0 atom stereocenters. The minimum Gasteiger partial charge on any atom is -0.472 e. The van der Waals surface area contributed by atoms with Crippen LogP contribution in [0.25, 0.3) is 0 Å². The Morgan fingerprint density at radius 1 is 1.17 bits per heavy atom. The number of carbonyl (C=O) groups excluding carboxylic acids is 1. The molecule has 0 radical (unpaired) electrons. The summed E-state index contributed by atoms with van der Waals surface area (Å²) >= 11 is 0. The summed E-state index contributed by atoms with van der Waals surface area (Å²) in [6, 6.07) is 9.72. The van der Waals surface area contributed by atoms with Crippen LogP contribution in [0.3, 0.4) is 0 Å². The van der Waals surface area contributed by atoms with E-state index in [1.165, 1.54) is 6.20 Å². The zero-order valence-electron chi connectivity index (χ0n) is 14.0. The normalized spacial score (nSPS) is 11.1. The van der Waals surface area contributed by atoms with E-state index in [4.69, 9.17) is 9.47 Å². The molecule has 0 aliphatic heterocycles. The van der Waals surface area contributed by atoms with Gasteiger partial charge in [0, 0.05) is 12.6 Å². The second kappa shape index (κ2) is 7.22. The molecule has 5 nitrogen and oxygen atoms in total. The molecule has 2 rings (SSSR count). The van der Waals surface area contributed by atoms with Crippen LogP contribution < -0.4 is 4.74 Å². The topological polar surface area (TPSA) is 61.3 Å². The fourth-order valence-corrected chi connectivity index (χ4v) is 1.88. The molecule has 0 bridgehead atoms. The van der Waals surface area contributed by atoms with E-state index in [-0.39, 0.29) is 11.4 Å². The molecule has 0 amide bonds. The van der Waals surface area contributed by atoms with E-state index in [9.17, 15) is 4.79 Å². The molecule has 0 aliphatic rings. The Bertz CT molecular complexity index is 664. The van der Waals surface area contributed by atoms with Gasteiger partial charge in [-0.05, 0) is 26.3 Å². The third-order valence-corrected chi connectivity index (χ3v) is 2.96. The number of esters is 1. The molecular weight excluding hydrogens is 292 g/mol. The monoisotopic (exact) mass is 314 g/mol. The SMILES string of the molecule is CCc1ncc(C(=O)OC(C)(C)C)c(OCc2ccccc2)n1. The summed E-state index contributed by atoms with van der Waals surface area (Å²) in [6.07, 6.45) is 2.14. The average molecular weight is 314 g/mol. The van der Waals surface area contributed by atoms with Gasteiger partial charge in [0.25, 0.3) is 0 Å². The molecule has 0 aliphatic carbocycles. The molecule has 0 spiro atoms. The van der Waals surface area contributed by atoms with Crippen molar-refractivity contribution in [1.82, 2.24) is 9.97 Å². The second-order valence-electron chi connectivity index (χ2n) is 6.13. The lowest BCUT2D eigenvalue weighted by Gasteiger charge is -2.20. The van der Waals surface area contributed by atoms with E-state index in [2.05, 4.69) is 9.97 Å². The molecule has 0 fully saturated rings. The first-order chi connectivity index (χ1) is 10.9. The van der Waals surface area contributed by atoms with Crippen LogP contribution in [0.1, 0.15) is 49.4 Å². The Hall–Kier alpha value is -2.43. The lowest BCUT2D eigenvalue weighted by Crippen LogP contribution is -2.24. The van der Waals surface area contributed by atoms with Crippen LogP contribution in [0.4, 0.5) is 0 Å². The molecule has 122 valence electrons. The van der Waals surface area contributed by atoms with Gasteiger partial charge in [-0.25, -0.2) is 9.78 Å². The maximum Gasteiger partial charge on any atom is 0.345 e. The molecule has 5 heteroatoms. The molecule has 1 heterocycles. The van der Waals surface area contributed by atoms with E-state index < -0.39 is 11.6 Å². The molecule has 2 aromatic rings. The maximum absolute atomic E-state index is 12.3. The minimum atomic E-state index is -0.586. The summed E-state index contributed by atoms with van der Waals surface area (Å²) in [7, 11) is 0. The van der Waals surface area contributed by atoms with Gasteiger partial charge in [0.05, 0.1) is 0 Å². The van der Waals surface area contributed by atoms with E-state index >= 15 is 0 Å². The van der Waals surface area contributed by atoms with Gasteiger partial charge in [-0.2, -0.15) is 4.98 Å². The van der Waals surface area contributed by atoms with E-state index in [1.54, 1.807) is 0 Å². The molecule has 0 unspecified atom stereocenters. The van der Waals surface area contributed by atoms with E-state index in [1.807, 2.05) is 58.0 Å². The van der Waals surface area contributed by atoms with Crippen LogP contribution in [0, 0.1) is 0 Å². The lowest BCUT2D eigenvalue weighted by molar-refractivity contribution is 0.00639. The zero-order valence-corrected chi connectivity index (χ0v) is 14.0. The predicted molar refractivity (Wildman–Crippen MR) is 87.4 cm³/mol. The summed E-state index contributed by atoms with van der Waals surface area (Å²) in [5, 5.41) is 0. The Labute approximate surface area is 136 Å². The van der Waals surface area contributed by atoms with Crippen LogP contribution in [-0.2, 0) is 17.8 Å². The van der Waals surface area contributed by atoms with Crippen molar-refractivity contribution in [2.24, 2.45) is 0 Å². The number of carbonyl (C=O) groups is 1. The van der Waals surface area contributed by atoms with Gasteiger partial charge < -0.3 is 9.47 Å². The third-order valence-electron chi connectivity index (χ3n) is 2.96. The highest BCUT2D eigenvalue weighted by molar-refractivity contribution is 5.91. The summed E-state index contributed by atoms with van der Waals surface area (Å²) in [5.74, 6) is 0.401. The fourth-order valence-electron chi connectivity index (χ4n) is 1.88. The highest BCUT2D eigenvalue weighted by atomic mass is 16.6. The van der Waals surface area contributed by atoms with Crippen LogP contribution in [0.2, 0.25) is 0 Å². The predicted octanol–water partition coefficient (Wildman–Crippen LogP) is 3.57. The molecule has 23 heavy (non-hydrogen) atoms. The summed E-state index contributed by atoms with van der Waals surface area (Å²) < 4.78 is 11.1. The number of aromatic nitrogens is 2. The number of ether oxygens (including phenoxy) is 2. The van der Waals surface area contributed by atoms with Gasteiger partial charge in [0.15, 0.2) is 0 Å². The second-order valence-corrected chi connectivity index (χ2v) is 6.13. The lowest BCUT2D eigenvalue weighted by atomic mass is 10.2. The third kappa shape index (κ3) is 5.06. The largest absolute Gasteiger partial charge is 0.472 e. The van der Waals surface area contributed by atoms with Gasteiger partial charge in [-0.15, -0.1) is 0 Å². The van der Waals surface area contributed by atoms with E-state index in [0.717, 1.165) is 5.56 Å². The van der Waals surface area contributed by atoms with Crippen LogP contribution in [0.15, 0.2) is 36.5 Å². The van der Waals surface area contributed by atoms with Crippen molar-refractivity contribution in [3.8, 4) is 5.88 Å². The maximum atomic E-state index is 12.3. The number of benzene rings is 1. The van der Waals surface area contributed by atoms with Crippen molar-refractivity contribution in [1.29, 1.82) is 0 Å². The summed E-state index contributed by atoms with van der Waals surface area (Å²) in [5.41, 5.74) is 0.657. The minimum absolute atomic E-state index is 0.244. The standard InChI is InChI=1S/C18H22N2O3/c1-5-15-19-11-14(17(21)23-18(2,3)4)16(20-15)22-12-13-9-7-6-8-10-13/h6-11H,5,12H2,1-4H3. The van der Waals surface area contributed by atoms with E-state index in [0.29, 0.717) is 18.9 Å². The van der Waals surface area contributed by atoms with Gasteiger partial charge in [-0.1, -0.05) is 37.3 Å². The molecule has 0 saturated heterocycles. The molecule has 0 saturated carbocycles. The Morgan fingerprint density at radius 2 is 1.87 bits per heavy atom. The molecular formula is C18H22N2O3. The van der Waals surface area contributed by atoms with Gasteiger partial charge in [0.1, 0.15) is 23.6 Å². The summed E-state index contributed by atoms with van der Waals surface area (Å²) in [6.45, 7) is 7.73. The quantitative estimate of drug-likeness (QED) is 0.790. The van der Waals surface area contributed by atoms with Crippen molar-refractivity contribution in [3.63, 3.8) is 0 Å². The Kier molecular flexibility index (Phi) is 5.32. The van der Waals surface area contributed by atoms with Gasteiger partial charge in [0.2, 0.25) is 5.88 Å². The first kappa shape index (κ1) is 16.9. The fraction of sp³-hybridized carbons (Fsp3) is 0.389. The van der Waals surface area contributed by atoms with Crippen molar-refractivity contribution in [2.45, 2.75) is 46.3 Å². The Balaban J connectivity index is 2.22. The van der Waals surface area contributed by atoms with Crippen LogP contribution >= 0.6 is 0 Å². The van der Waals surface area contributed by atoms with Crippen molar-refractivity contribution in [3.05, 3.63) is 53.5 Å². The smallest absolute Gasteiger partial charge is 0.345 e. The highest BCUT2D eigenvalue weighted by Gasteiger charge is 2.23. The van der Waals surface area contributed by atoms with Gasteiger partial charge in [-0.3, -0.25) is 0 Å². The van der Waals surface area contributed by atoms with Crippen LogP contribution in [-0.4, -0.2) is 21.5 Å². The highest BCUT2D eigenvalue weighted by Crippen LogP contribution is 2.20. The van der Waals surface area contributed by atoms with Crippen molar-refractivity contribution >= 4 is 5.97 Å². The van der Waals surface area contributed by atoms with Crippen molar-refractivity contribution < 1.29 is 14.3 Å². The summed E-state index contributed by atoms with van der Waals surface area (Å²) in [4.78, 5) is 20.8. The first-order valence-electron chi connectivity index (χ1n) is 7.65. The molecule has 1 aromatic carbocycles. The Morgan fingerprint density at radius 3 is 2.48 bits per heavy atom.